The molecule has 0 unspecified atom stereocenters. The maximum atomic E-state index is 13.0. The Balaban J connectivity index is 2.19. The van der Waals surface area contributed by atoms with Gasteiger partial charge in [0.05, 0.1) is 11.3 Å². The van der Waals surface area contributed by atoms with Gasteiger partial charge in [-0.15, -0.1) is 0 Å². The third-order valence-corrected chi connectivity index (χ3v) is 4.34. The molecule has 0 bridgehead atoms. The SMILES string of the molecule is CCCCn1[nH]c(-c2cccc(C)c2)c(-c2ccc(C)cc2)c1=O. The molecule has 3 heteroatoms. The van der Waals surface area contributed by atoms with Gasteiger partial charge in [-0.25, -0.2) is 0 Å². The van der Waals surface area contributed by atoms with Crippen molar-refractivity contribution in [3.05, 3.63) is 70.0 Å². The van der Waals surface area contributed by atoms with Crippen molar-refractivity contribution in [3.8, 4) is 22.4 Å². The summed E-state index contributed by atoms with van der Waals surface area (Å²) in [5.41, 5.74) is 6.12. The lowest BCUT2D eigenvalue weighted by atomic mass is 10.00. The van der Waals surface area contributed by atoms with Gasteiger partial charge < -0.3 is 0 Å². The highest BCUT2D eigenvalue weighted by Crippen LogP contribution is 2.28. The Morgan fingerprint density at radius 2 is 1.71 bits per heavy atom. The Labute approximate surface area is 143 Å². The molecule has 0 amide bonds. The zero-order valence-corrected chi connectivity index (χ0v) is 14.6. The molecule has 0 atom stereocenters. The smallest absolute Gasteiger partial charge is 0.274 e. The molecule has 124 valence electrons. The van der Waals surface area contributed by atoms with Crippen LogP contribution in [0.3, 0.4) is 0 Å². The molecule has 1 heterocycles. The fraction of sp³-hybridized carbons (Fsp3) is 0.286. The van der Waals surface area contributed by atoms with Crippen LogP contribution in [0.25, 0.3) is 22.4 Å². The van der Waals surface area contributed by atoms with Crippen LogP contribution in [0.15, 0.2) is 53.3 Å². The molecular formula is C21H24N2O. The number of unbranched alkanes of at least 4 members (excludes halogenated alkanes) is 1. The molecular weight excluding hydrogens is 296 g/mol. The van der Waals surface area contributed by atoms with Crippen LogP contribution < -0.4 is 5.56 Å². The molecule has 1 aromatic heterocycles. The van der Waals surface area contributed by atoms with Gasteiger partial charge in [-0.05, 0) is 31.9 Å². The van der Waals surface area contributed by atoms with Gasteiger partial charge in [-0.2, -0.15) is 0 Å². The first-order valence-electron chi connectivity index (χ1n) is 8.57. The van der Waals surface area contributed by atoms with Crippen molar-refractivity contribution in [1.29, 1.82) is 0 Å². The predicted molar refractivity (Wildman–Crippen MR) is 100 cm³/mol. The fourth-order valence-electron chi connectivity index (χ4n) is 2.95. The summed E-state index contributed by atoms with van der Waals surface area (Å²) in [5, 5.41) is 3.35. The second kappa shape index (κ2) is 6.91. The number of H-pyrrole nitrogens is 1. The number of nitrogens with zero attached hydrogens (tertiary/aromatic N) is 1. The second-order valence-electron chi connectivity index (χ2n) is 6.41. The van der Waals surface area contributed by atoms with Crippen molar-refractivity contribution in [2.75, 3.05) is 0 Å². The number of aryl methyl sites for hydroxylation is 3. The Bertz CT molecular complexity index is 885. The largest absolute Gasteiger partial charge is 0.294 e. The van der Waals surface area contributed by atoms with Gasteiger partial charge in [0.25, 0.3) is 5.56 Å². The molecule has 0 fully saturated rings. The molecule has 0 aliphatic carbocycles. The van der Waals surface area contributed by atoms with E-state index in [0.29, 0.717) is 0 Å². The summed E-state index contributed by atoms with van der Waals surface area (Å²) >= 11 is 0. The summed E-state index contributed by atoms with van der Waals surface area (Å²) in [7, 11) is 0. The van der Waals surface area contributed by atoms with Crippen LogP contribution in [0.2, 0.25) is 0 Å². The van der Waals surface area contributed by atoms with E-state index in [1.807, 2.05) is 18.2 Å². The van der Waals surface area contributed by atoms with Gasteiger partial charge in [0, 0.05) is 12.1 Å². The lowest BCUT2D eigenvalue weighted by molar-refractivity contribution is 0.559. The molecule has 0 saturated heterocycles. The summed E-state index contributed by atoms with van der Waals surface area (Å²) in [6.07, 6.45) is 2.05. The van der Waals surface area contributed by atoms with Crippen LogP contribution in [0.4, 0.5) is 0 Å². The molecule has 0 aliphatic heterocycles. The predicted octanol–water partition coefficient (Wildman–Crippen LogP) is 4.93. The summed E-state index contributed by atoms with van der Waals surface area (Å²) < 4.78 is 1.75. The van der Waals surface area contributed by atoms with Crippen LogP contribution in [0.1, 0.15) is 30.9 Å². The number of benzene rings is 2. The van der Waals surface area contributed by atoms with E-state index >= 15 is 0 Å². The van der Waals surface area contributed by atoms with Crippen LogP contribution >= 0.6 is 0 Å². The summed E-state index contributed by atoms with van der Waals surface area (Å²) in [4.78, 5) is 13.0. The van der Waals surface area contributed by atoms with Crippen LogP contribution in [-0.2, 0) is 6.54 Å². The highest BCUT2D eigenvalue weighted by Gasteiger charge is 2.17. The average molecular weight is 320 g/mol. The van der Waals surface area contributed by atoms with Crippen LogP contribution in [0, 0.1) is 13.8 Å². The highest BCUT2D eigenvalue weighted by atomic mass is 16.1. The summed E-state index contributed by atoms with van der Waals surface area (Å²) in [6.45, 7) is 6.99. The van der Waals surface area contributed by atoms with Gasteiger partial charge in [0.2, 0.25) is 0 Å². The first-order valence-corrected chi connectivity index (χ1v) is 8.57. The van der Waals surface area contributed by atoms with Crippen molar-refractivity contribution in [1.82, 2.24) is 9.78 Å². The number of aromatic amines is 1. The lowest BCUT2D eigenvalue weighted by Gasteiger charge is -2.05. The van der Waals surface area contributed by atoms with Crippen LogP contribution in [0.5, 0.6) is 0 Å². The molecule has 24 heavy (non-hydrogen) atoms. The maximum Gasteiger partial charge on any atom is 0.274 e. The Morgan fingerprint density at radius 1 is 0.958 bits per heavy atom. The highest BCUT2D eigenvalue weighted by molar-refractivity contribution is 5.80. The normalized spacial score (nSPS) is 11.0. The quantitative estimate of drug-likeness (QED) is 0.711. The van der Waals surface area contributed by atoms with Gasteiger partial charge in [-0.3, -0.25) is 14.6 Å². The summed E-state index contributed by atoms with van der Waals surface area (Å²) in [5.74, 6) is 0. The molecule has 3 aromatic rings. The Morgan fingerprint density at radius 3 is 2.38 bits per heavy atom. The first-order chi connectivity index (χ1) is 11.6. The van der Waals surface area contributed by atoms with Gasteiger partial charge in [0.1, 0.15) is 0 Å². The first kappa shape index (κ1) is 16.3. The number of hydrogen-bond acceptors (Lipinski definition) is 1. The number of aromatic nitrogens is 2. The minimum absolute atomic E-state index is 0.0591. The topological polar surface area (TPSA) is 37.8 Å². The average Bonchev–Trinajstić information content (AvgIpc) is 2.90. The number of nitrogens with one attached hydrogen (secondary N) is 1. The van der Waals surface area contributed by atoms with E-state index in [2.05, 4.69) is 56.2 Å². The van der Waals surface area contributed by atoms with E-state index in [-0.39, 0.29) is 5.56 Å². The van der Waals surface area contributed by atoms with Crippen molar-refractivity contribution in [2.24, 2.45) is 0 Å². The van der Waals surface area contributed by atoms with E-state index < -0.39 is 0 Å². The van der Waals surface area contributed by atoms with Crippen LogP contribution in [-0.4, -0.2) is 9.78 Å². The molecule has 3 rings (SSSR count). The van der Waals surface area contributed by atoms with E-state index in [4.69, 9.17) is 0 Å². The minimum Gasteiger partial charge on any atom is -0.294 e. The molecule has 1 N–H and O–H groups in total. The Hall–Kier alpha value is -2.55. The Kier molecular flexibility index (Phi) is 4.70. The van der Waals surface area contributed by atoms with E-state index in [1.165, 1.54) is 11.1 Å². The van der Waals surface area contributed by atoms with Crippen molar-refractivity contribution >= 4 is 0 Å². The van der Waals surface area contributed by atoms with Gasteiger partial charge in [-0.1, -0.05) is 66.9 Å². The van der Waals surface area contributed by atoms with Crippen molar-refractivity contribution in [2.45, 2.75) is 40.2 Å². The molecule has 0 spiro atoms. The number of rotatable bonds is 5. The molecule has 3 nitrogen and oxygen atoms in total. The van der Waals surface area contributed by atoms with Crippen molar-refractivity contribution in [3.63, 3.8) is 0 Å². The lowest BCUT2D eigenvalue weighted by Crippen LogP contribution is -2.17. The van der Waals surface area contributed by atoms with E-state index in [0.717, 1.165) is 41.8 Å². The third-order valence-electron chi connectivity index (χ3n) is 4.34. The molecule has 0 radical (unpaired) electrons. The number of hydrogen-bond donors (Lipinski definition) is 1. The molecule has 0 aliphatic rings. The third kappa shape index (κ3) is 3.21. The van der Waals surface area contributed by atoms with Gasteiger partial charge in [0.15, 0.2) is 0 Å². The zero-order chi connectivity index (χ0) is 17.1. The monoisotopic (exact) mass is 320 g/mol. The fourth-order valence-corrected chi connectivity index (χ4v) is 2.95. The zero-order valence-electron chi connectivity index (χ0n) is 14.6. The van der Waals surface area contributed by atoms with Gasteiger partial charge >= 0.3 is 0 Å². The van der Waals surface area contributed by atoms with E-state index in [1.54, 1.807) is 4.68 Å². The maximum absolute atomic E-state index is 13.0. The van der Waals surface area contributed by atoms with Crippen molar-refractivity contribution < 1.29 is 0 Å². The standard InChI is InChI=1S/C21H24N2O/c1-4-5-13-23-21(24)19(17-11-9-15(2)10-12-17)20(22-23)18-8-6-7-16(3)14-18/h6-12,14,22H,4-5,13H2,1-3H3. The summed E-state index contributed by atoms with van der Waals surface area (Å²) in [6, 6.07) is 16.4. The minimum atomic E-state index is 0.0591. The molecule has 2 aromatic carbocycles. The molecule has 0 saturated carbocycles. The van der Waals surface area contributed by atoms with E-state index in [9.17, 15) is 4.79 Å². The second-order valence-corrected chi connectivity index (χ2v) is 6.41.